The zero-order valence-electron chi connectivity index (χ0n) is 13.5. The van der Waals surface area contributed by atoms with Gasteiger partial charge >= 0.3 is 0 Å². The molecule has 0 heterocycles. The molecule has 1 aromatic rings. The zero-order chi connectivity index (χ0) is 15.0. The fourth-order valence-electron chi connectivity index (χ4n) is 2.60. The minimum absolute atomic E-state index is 0.414. The van der Waals surface area contributed by atoms with Crippen LogP contribution in [0.4, 0.5) is 5.69 Å². The van der Waals surface area contributed by atoms with E-state index in [2.05, 4.69) is 36.6 Å². The van der Waals surface area contributed by atoms with E-state index in [-0.39, 0.29) is 0 Å². The number of aliphatic hydroxyl groups is 1. The molecule has 0 aliphatic heterocycles. The number of nitrogens with zero attached hydrogens (tertiary/aromatic N) is 2. The van der Waals surface area contributed by atoms with Crippen molar-refractivity contribution in [2.24, 2.45) is 0 Å². The van der Waals surface area contributed by atoms with Crippen molar-refractivity contribution in [3.63, 3.8) is 0 Å². The third-order valence-electron chi connectivity index (χ3n) is 3.91. The van der Waals surface area contributed by atoms with E-state index in [1.54, 1.807) is 0 Å². The molecule has 1 atom stereocenters. The molecular weight excluding hydrogens is 248 g/mol. The van der Waals surface area contributed by atoms with Gasteiger partial charge in [0.15, 0.2) is 0 Å². The van der Waals surface area contributed by atoms with Crippen LogP contribution >= 0.6 is 0 Å². The third kappa shape index (κ3) is 4.80. The molecular formula is C17H30N2O. The molecule has 1 rings (SSSR count). The Morgan fingerprint density at radius 1 is 1.00 bits per heavy atom. The Hall–Kier alpha value is -1.06. The summed E-state index contributed by atoms with van der Waals surface area (Å²) in [6.45, 7) is 13.8. The van der Waals surface area contributed by atoms with Gasteiger partial charge in [0.2, 0.25) is 0 Å². The Morgan fingerprint density at radius 3 is 2.20 bits per heavy atom. The second-order valence-corrected chi connectivity index (χ2v) is 5.19. The highest BCUT2D eigenvalue weighted by Crippen LogP contribution is 2.26. The summed E-state index contributed by atoms with van der Waals surface area (Å²) in [6.07, 6.45) is 0.743. The lowest BCUT2D eigenvalue weighted by Gasteiger charge is -2.28. The molecule has 0 bridgehead atoms. The summed E-state index contributed by atoms with van der Waals surface area (Å²) in [4.78, 5) is 4.82. The van der Waals surface area contributed by atoms with Gasteiger partial charge in [0.25, 0.3) is 0 Å². The largest absolute Gasteiger partial charge is 0.389 e. The molecule has 0 fully saturated rings. The molecule has 0 aliphatic carbocycles. The summed E-state index contributed by atoms with van der Waals surface area (Å²) in [5.74, 6) is 0. The normalized spacial score (nSPS) is 12.7. The summed E-state index contributed by atoms with van der Waals surface area (Å²) in [7, 11) is 0. The SMILES string of the molecule is CCN(CC)CCCN(CC)c1ccccc1C(C)O. The minimum Gasteiger partial charge on any atom is -0.389 e. The van der Waals surface area contributed by atoms with Crippen LogP contribution in [-0.4, -0.2) is 42.7 Å². The second-order valence-electron chi connectivity index (χ2n) is 5.19. The van der Waals surface area contributed by atoms with E-state index in [0.717, 1.165) is 44.7 Å². The van der Waals surface area contributed by atoms with Crippen molar-refractivity contribution in [2.45, 2.75) is 40.2 Å². The average Bonchev–Trinajstić information content (AvgIpc) is 2.47. The molecule has 3 nitrogen and oxygen atoms in total. The maximum Gasteiger partial charge on any atom is 0.0781 e. The molecule has 0 saturated carbocycles. The number of anilines is 1. The molecule has 0 amide bonds. The van der Waals surface area contributed by atoms with Crippen molar-refractivity contribution in [1.29, 1.82) is 0 Å². The number of para-hydroxylation sites is 1. The van der Waals surface area contributed by atoms with Gasteiger partial charge in [0.1, 0.15) is 0 Å². The van der Waals surface area contributed by atoms with E-state index < -0.39 is 6.10 Å². The van der Waals surface area contributed by atoms with E-state index in [9.17, 15) is 5.11 Å². The standard InChI is InChI=1S/C17H30N2O/c1-5-18(6-2)13-10-14-19(7-3)17-12-9-8-11-16(17)15(4)20/h8-9,11-12,15,20H,5-7,10,13-14H2,1-4H3. The van der Waals surface area contributed by atoms with Crippen LogP contribution in [0.2, 0.25) is 0 Å². The van der Waals surface area contributed by atoms with Gasteiger partial charge in [-0.15, -0.1) is 0 Å². The van der Waals surface area contributed by atoms with Crippen LogP contribution in [0.3, 0.4) is 0 Å². The van der Waals surface area contributed by atoms with Crippen molar-refractivity contribution in [3.05, 3.63) is 29.8 Å². The van der Waals surface area contributed by atoms with Gasteiger partial charge in [-0.05, 0) is 46.0 Å². The van der Waals surface area contributed by atoms with Gasteiger partial charge < -0.3 is 14.9 Å². The van der Waals surface area contributed by atoms with Crippen molar-refractivity contribution in [2.75, 3.05) is 37.6 Å². The molecule has 1 aromatic carbocycles. The van der Waals surface area contributed by atoms with E-state index in [4.69, 9.17) is 0 Å². The number of hydrogen-bond acceptors (Lipinski definition) is 3. The van der Waals surface area contributed by atoms with Crippen LogP contribution in [0.5, 0.6) is 0 Å². The van der Waals surface area contributed by atoms with E-state index in [1.165, 1.54) is 5.69 Å². The Kier molecular flexibility index (Phi) is 7.63. The van der Waals surface area contributed by atoms with Crippen LogP contribution in [0, 0.1) is 0 Å². The highest BCUT2D eigenvalue weighted by Gasteiger charge is 2.12. The Labute approximate surface area is 124 Å². The maximum atomic E-state index is 9.90. The van der Waals surface area contributed by atoms with Gasteiger partial charge in [-0.3, -0.25) is 0 Å². The van der Waals surface area contributed by atoms with Crippen LogP contribution in [-0.2, 0) is 0 Å². The van der Waals surface area contributed by atoms with Crippen molar-refractivity contribution in [3.8, 4) is 0 Å². The molecule has 1 unspecified atom stereocenters. The molecule has 0 aliphatic rings. The minimum atomic E-state index is -0.414. The van der Waals surface area contributed by atoms with Gasteiger partial charge in [0.05, 0.1) is 6.10 Å². The van der Waals surface area contributed by atoms with Gasteiger partial charge in [-0.2, -0.15) is 0 Å². The highest BCUT2D eigenvalue weighted by molar-refractivity contribution is 5.54. The molecule has 3 heteroatoms. The van der Waals surface area contributed by atoms with E-state index >= 15 is 0 Å². The van der Waals surface area contributed by atoms with Crippen molar-refractivity contribution < 1.29 is 5.11 Å². The number of aliphatic hydroxyl groups excluding tert-OH is 1. The summed E-state index contributed by atoms with van der Waals surface area (Å²) in [6, 6.07) is 8.18. The Morgan fingerprint density at radius 2 is 1.65 bits per heavy atom. The first-order valence-electron chi connectivity index (χ1n) is 7.88. The summed E-state index contributed by atoms with van der Waals surface area (Å²) in [5.41, 5.74) is 2.20. The van der Waals surface area contributed by atoms with Crippen LogP contribution in [0.25, 0.3) is 0 Å². The molecule has 0 aromatic heterocycles. The first kappa shape index (κ1) is 17.0. The summed E-state index contributed by atoms with van der Waals surface area (Å²) >= 11 is 0. The zero-order valence-corrected chi connectivity index (χ0v) is 13.5. The Bertz CT molecular complexity index is 375. The highest BCUT2D eigenvalue weighted by atomic mass is 16.3. The van der Waals surface area contributed by atoms with Gasteiger partial charge in [-0.25, -0.2) is 0 Å². The molecule has 0 spiro atoms. The fourth-order valence-corrected chi connectivity index (χ4v) is 2.60. The fraction of sp³-hybridized carbons (Fsp3) is 0.647. The summed E-state index contributed by atoms with van der Waals surface area (Å²) < 4.78 is 0. The lowest BCUT2D eigenvalue weighted by atomic mass is 10.1. The molecule has 0 radical (unpaired) electrons. The predicted molar refractivity (Wildman–Crippen MR) is 87.4 cm³/mol. The monoisotopic (exact) mass is 278 g/mol. The number of benzene rings is 1. The molecule has 20 heavy (non-hydrogen) atoms. The van der Waals surface area contributed by atoms with Gasteiger partial charge in [0, 0.05) is 24.3 Å². The molecule has 114 valence electrons. The van der Waals surface area contributed by atoms with Crippen molar-refractivity contribution in [1.82, 2.24) is 4.90 Å². The second kappa shape index (κ2) is 8.98. The Balaban J connectivity index is 2.67. The van der Waals surface area contributed by atoms with Crippen LogP contribution in [0.1, 0.15) is 45.8 Å². The lowest BCUT2D eigenvalue weighted by Crippen LogP contribution is -2.30. The predicted octanol–water partition coefficient (Wildman–Crippen LogP) is 3.30. The summed E-state index contributed by atoms with van der Waals surface area (Å²) in [5, 5.41) is 9.90. The lowest BCUT2D eigenvalue weighted by molar-refractivity contribution is 0.199. The van der Waals surface area contributed by atoms with Gasteiger partial charge in [-0.1, -0.05) is 32.0 Å². The van der Waals surface area contributed by atoms with Crippen LogP contribution in [0.15, 0.2) is 24.3 Å². The topological polar surface area (TPSA) is 26.7 Å². The van der Waals surface area contributed by atoms with E-state index in [0.29, 0.717) is 0 Å². The van der Waals surface area contributed by atoms with Crippen LogP contribution < -0.4 is 4.90 Å². The maximum absolute atomic E-state index is 9.90. The number of hydrogen-bond donors (Lipinski definition) is 1. The number of rotatable bonds is 9. The first-order chi connectivity index (χ1) is 9.63. The molecule has 1 N–H and O–H groups in total. The first-order valence-corrected chi connectivity index (χ1v) is 7.88. The molecule has 0 saturated heterocycles. The smallest absolute Gasteiger partial charge is 0.0781 e. The average molecular weight is 278 g/mol. The quantitative estimate of drug-likeness (QED) is 0.751. The van der Waals surface area contributed by atoms with Crippen molar-refractivity contribution >= 4 is 5.69 Å². The third-order valence-corrected chi connectivity index (χ3v) is 3.91. The van der Waals surface area contributed by atoms with E-state index in [1.807, 2.05) is 25.1 Å².